The largest absolute Gasteiger partial charge is 0.323 e. The molecule has 25 heavy (non-hydrogen) atoms. The topological polar surface area (TPSA) is 50.2 Å². The average Bonchev–Trinajstić information content (AvgIpc) is 3.09. The van der Waals surface area contributed by atoms with Gasteiger partial charge in [-0.15, -0.1) is 0 Å². The van der Waals surface area contributed by atoms with Gasteiger partial charge in [-0.1, -0.05) is 30.3 Å². The van der Waals surface area contributed by atoms with Crippen molar-refractivity contribution in [3.8, 4) is 0 Å². The highest BCUT2D eigenvalue weighted by atomic mass is 16.1. The third-order valence-electron chi connectivity index (χ3n) is 4.98. The van der Waals surface area contributed by atoms with E-state index < -0.39 is 0 Å². The number of carbonyl (C=O) groups excluding carboxylic acids is 1. The lowest BCUT2D eigenvalue weighted by Crippen LogP contribution is -2.36. The molecule has 0 bridgehead atoms. The smallest absolute Gasteiger partial charge is 0.224 e. The van der Waals surface area contributed by atoms with Crippen molar-refractivity contribution in [3.05, 3.63) is 48.3 Å². The molecule has 1 N–H and O–H groups in total. The Hall–Kier alpha value is -2.14. The molecule has 1 saturated heterocycles. The third kappa shape index (κ3) is 5.43. The highest BCUT2D eigenvalue weighted by molar-refractivity contribution is 5.90. The van der Waals surface area contributed by atoms with Crippen LogP contribution in [-0.4, -0.2) is 40.2 Å². The fraction of sp³-hybridized carbons (Fsp3) is 0.500. The Kier molecular flexibility index (Phi) is 6.23. The zero-order valence-corrected chi connectivity index (χ0v) is 15.0. The molecule has 1 aromatic carbocycles. The van der Waals surface area contributed by atoms with Crippen LogP contribution in [0.4, 0.5) is 5.69 Å². The first kappa shape index (κ1) is 17.7. The summed E-state index contributed by atoms with van der Waals surface area (Å²) in [7, 11) is 0. The molecule has 0 saturated carbocycles. The van der Waals surface area contributed by atoms with E-state index in [0.29, 0.717) is 12.3 Å². The van der Waals surface area contributed by atoms with Gasteiger partial charge >= 0.3 is 0 Å². The molecular formula is C20H28N4O. The molecule has 2 aromatic rings. The first-order valence-electron chi connectivity index (χ1n) is 9.31. The molecule has 0 spiro atoms. The van der Waals surface area contributed by atoms with Gasteiger partial charge in [0.2, 0.25) is 5.91 Å². The number of piperidine rings is 1. The van der Waals surface area contributed by atoms with Crippen LogP contribution in [0.3, 0.4) is 0 Å². The molecule has 0 atom stereocenters. The summed E-state index contributed by atoms with van der Waals surface area (Å²) in [6.45, 7) is 6.15. The number of benzene rings is 1. The average molecular weight is 340 g/mol. The first-order valence-corrected chi connectivity index (χ1v) is 9.31. The molecule has 1 aliphatic rings. The Bertz CT molecular complexity index is 659. The maximum atomic E-state index is 12.2. The van der Waals surface area contributed by atoms with E-state index in [1.54, 1.807) is 6.20 Å². The maximum absolute atomic E-state index is 12.2. The lowest BCUT2D eigenvalue weighted by Gasteiger charge is -2.31. The minimum Gasteiger partial charge on any atom is -0.323 e. The van der Waals surface area contributed by atoms with Crippen LogP contribution in [0.15, 0.2) is 42.7 Å². The highest BCUT2D eigenvalue weighted by Crippen LogP contribution is 2.21. The van der Waals surface area contributed by atoms with Gasteiger partial charge in [0.15, 0.2) is 0 Å². The Morgan fingerprint density at radius 1 is 1.24 bits per heavy atom. The zero-order valence-electron chi connectivity index (χ0n) is 15.0. The number of nitrogens with zero attached hydrogens (tertiary/aromatic N) is 3. The Balaban J connectivity index is 1.36. The summed E-state index contributed by atoms with van der Waals surface area (Å²) in [6.07, 6.45) is 7.53. The minimum absolute atomic E-state index is 0.110. The summed E-state index contributed by atoms with van der Waals surface area (Å²) in [4.78, 5) is 14.7. The van der Waals surface area contributed by atoms with E-state index in [4.69, 9.17) is 0 Å². The SMILES string of the molecule is CCn1cc(NC(=O)CC2CCN(CCc3ccccc3)CC2)cn1. The minimum atomic E-state index is 0.110. The second-order valence-electron chi connectivity index (χ2n) is 6.86. The van der Waals surface area contributed by atoms with Crippen molar-refractivity contribution in [2.24, 2.45) is 5.92 Å². The molecule has 1 amide bonds. The standard InChI is InChI=1S/C20H28N4O/c1-2-24-16-19(15-21-24)22-20(25)14-18-9-12-23(13-10-18)11-8-17-6-4-3-5-7-17/h3-7,15-16,18H,2,8-14H2,1H3,(H,22,25). The number of hydrogen-bond donors (Lipinski definition) is 1. The number of nitrogens with one attached hydrogen (secondary N) is 1. The van der Waals surface area contributed by atoms with Gasteiger partial charge in [-0.25, -0.2) is 0 Å². The van der Waals surface area contributed by atoms with Gasteiger partial charge in [0.05, 0.1) is 11.9 Å². The number of carbonyl (C=O) groups is 1. The van der Waals surface area contributed by atoms with Crippen molar-refractivity contribution in [1.82, 2.24) is 14.7 Å². The van der Waals surface area contributed by atoms with Gasteiger partial charge in [-0.05, 0) is 50.8 Å². The third-order valence-corrected chi connectivity index (χ3v) is 4.98. The lowest BCUT2D eigenvalue weighted by atomic mass is 9.93. The lowest BCUT2D eigenvalue weighted by molar-refractivity contribution is -0.117. The van der Waals surface area contributed by atoms with Crippen molar-refractivity contribution in [3.63, 3.8) is 0 Å². The second-order valence-corrected chi connectivity index (χ2v) is 6.86. The molecule has 0 aliphatic carbocycles. The highest BCUT2D eigenvalue weighted by Gasteiger charge is 2.21. The molecule has 3 rings (SSSR count). The number of aromatic nitrogens is 2. The second kappa shape index (κ2) is 8.81. The van der Waals surface area contributed by atoms with E-state index in [9.17, 15) is 4.79 Å². The molecule has 1 aliphatic heterocycles. The summed E-state index contributed by atoms with van der Waals surface area (Å²) in [5, 5.41) is 7.15. The summed E-state index contributed by atoms with van der Waals surface area (Å²) in [5.41, 5.74) is 2.20. The van der Waals surface area contributed by atoms with Crippen molar-refractivity contribution in [2.45, 2.75) is 39.2 Å². The Morgan fingerprint density at radius 3 is 2.68 bits per heavy atom. The van der Waals surface area contributed by atoms with E-state index >= 15 is 0 Å². The van der Waals surface area contributed by atoms with Crippen molar-refractivity contribution < 1.29 is 4.79 Å². The molecule has 5 nitrogen and oxygen atoms in total. The predicted molar refractivity (Wildman–Crippen MR) is 100 cm³/mol. The normalized spacial score (nSPS) is 16.0. The van der Waals surface area contributed by atoms with Gasteiger partial charge in [0.25, 0.3) is 0 Å². The van der Waals surface area contributed by atoms with Crippen LogP contribution in [0.5, 0.6) is 0 Å². The van der Waals surface area contributed by atoms with Crippen LogP contribution >= 0.6 is 0 Å². The number of hydrogen-bond acceptors (Lipinski definition) is 3. The molecule has 1 fully saturated rings. The quantitative estimate of drug-likeness (QED) is 0.842. The van der Waals surface area contributed by atoms with Gasteiger partial charge in [0, 0.05) is 25.7 Å². The Labute approximate surface area is 150 Å². The molecule has 1 aromatic heterocycles. The van der Waals surface area contributed by atoms with E-state index in [0.717, 1.165) is 51.1 Å². The molecule has 0 radical (unpaired) electrons. The van der Waals surface area contributed by atoms with E-state index in [2.05, 4.69) is 45.6 Å². The van der Waals surface area contributed by atoms with Crippen LogP contribution in [0.25, 0.3) is 0 Å². The predicted octanol–water partition coefficient (Wildman–Crippen LogP) is 3.19. The number of anilines is 1. The molecule has 2 heterocycles. The monoisotopic (exact) mass is 340 g/mol. The molecule has 134 valence electrons. The van der Waals surface area contributed by atoms with Crippen LogP contribution in [0, 0.1) is 5.92 Å². The summed E-state index contributed by atoms with van der Waals surface area (Å²) in [5.74, 6) is 0.604. The molecule has 0 unspecified atom stereocenters. The van der Waals surface area contributed by atoms with Gasteiger partial charge in [0.1, 0.15) is 0 Å². The van der Waals surface area contributed by atoms with Crippen LogP contribution in [-0.2, 0) is 17.8 Å². The summed E-state index contributed by atoms with van der Waals surface area (Å²) >= 11 is 0. The van der Waals surface area contributed by atoms with Crippen molar-refractivity contribution >= 4 is 11.6 Å². The number of likely N-dealkylation sites (tertiary alicyclic amines) is 1. The Morgan fingerprint density at radius 2 is 2.00 bits per heavy atom. The van der Waals surface area contributed by atoms with Gasteiger partial charge in [-0.3, -0.25) is 9.48 Å². The van der Waals surface area contributed by atoms with Crippen LogP contribution < -0.4 is 5.32 Å². The summed E-state index contributed by atoms with van der Waals surface area (Å²) in [6, 6.07) is 10.7. The summed E-state index contributed by atoms with van der Waals surface area (Å²) < 4.78 is 1.82. The van der Waals surface area contributed by atoms with E-state index in [1.165, 1.54) is 5.56 Å². The fourth-order valence-electron chi connectivity index (χ4n) is 3.42. The number of amides is 1. The van der Waals surface area contributed by atoms with E-state index in [-0.39, 0.29) is 5.91 Å². The van der Waals surface area contributed by atoms with Gasteiger partial charge < -0.3 is 10.2 Å². The van der Waals surface area contributed by atoms with Crippen LogP contribution in [0.2, 0.25) is 0 Å². The van der Waals surface area contributed by atoms with E-state index in [1.807, 2.05) is 17.8 Å². The number of rotatable bonds is 7. The first-order chi connectivity index (χ1) is 12.2. The zero-order chi connectivity index (χ0) is 17.5. The number of aryl methyl sites for hydroxylation is 1. The van der Waals surface area contributed by atoms with Crippen LogP contribution in [0.1, 0.15) is 31.7 Å². The van der Waals surface area contributed by atoms with Crippen molar-refractivity contribution in [2.75, 3.05) is 25.0 Å². The van der Waals surface area contributed by atoms with Gasteiger partial charge in [-0.2, -0.15) is 5.10 Å². The molecular weight excluding hydrogens is 312 g/mol. The van der Waals surface area contributed by atoms with Crippen molar-refractivity contribution in [1.29, 1.82) is 0 Å². The molecule has 5 heteroatoms. The maximum Gasteiger partial charge on any atom is 0.224 e. The fourth-order valence-corrected chi connectivity index (χ4v) is 3.42.